The predicted molar refractivity (Wildman–Crippen MR) is 82.7 cm³/mol. The first kappa shape index (κ1) is 14.8. The van der Waals surface area contributed by atoms with Crippen molar-refractivity contribution in [1.29, 1.82) is 0 Å². The first-order valence-corrected chi connectivity index (χ1v) is 8.63. The second kappa shape index (κ2) is 6.75. The van der Waals surface area contributed by atoms with Crippen molar-refractivity contribution >= 4 is 17.4 Å². The number of aryl methyl sites for hydroxylation is 1. The van der Waals surface area contributed by atoms with Gasteiger partial charge in [0.25, 0.3) is 0 Å². The van der Waals surface area contributed by atoms with Gasteiger partial charge in [0.1, 0.15) is 0 Å². The van der Waals surface area contributed by atoms with Crippen LogP contribution in [0, 0.1) is 6.92 Å². The van der Waals surface area contributed by atoms with Crippen molar-refractivity contribution < 1.29 is 9.53 Å². The van der Waals surface area contributed by atoms with Crippen LogP contribution in [0.5, 0.6) is 0 Å². The fourth-order valence-corrected chi connectivity index (χ4v) is 4.02. The fraction of sp³-hybridized carbons (Fsp3) is 0.733. The molecular weight excluding hydrogens is 286 g/mol. The van der Waals surface area contributed by atoms with Gasteiger partial charge in [-0.25, -0.2) is 9.78 Å². The monoisotopic (exact) mass is 309 g/mol. The molecule has 2 aliphatic heterocycles. The van der Waals surface area contributed by atoms with E-state index in [-0.39, 0.29) is 18.2 Å². The van der Waals surface area contributed by atoms with Crippen molar-refractivity contribution in [3.63, 3.8) is 0 Å². The van der Waals surface area contributed by atoms with E-state index in [9.17, 15) is 4.79 Å². The number of nitrogens with zero attached hydrogens (tertiary/aromatic N) is 2. The Labute approximate surface area is 129 Å². The first-order valence-electron chi connectivity index (χ1n) is 7.81. The van der Waals surface area contributed by atoms with Gasteiger partial charge in [-0.3, -0.25) is 0 Å². The van der Waals surface area contributed by atoms with Crippen molar-refractivity contribution in [3.05, 3.63) is 16.1 Å². The summed E-state index contributed by atoms with van der Waals surface area (Å²) in [5, 5.41) is 4.12. The van der Waals surface area contributed by atoms with Gasteiger partial charge in [-0.15, -0.1) is 11.3 Å². The van der Waals surface area contributed by atoms with Crippen LogP contribution in [0.25, 0.3) is 0 Å². The topological polar surface area (TPSA) is 54.5 Å². The van der Waals surface area contributed by atoms with Crippen LogP contribution in [0.3, 0.4) is 0 Å². The molecule has 2 saturated heterocycles. The Morgan fingerprint density at radius 2 is 2.43 bits per heavy atom. The van der Waals surface area contributed by atoms with Crippen LogP contribution in [-0.2, 0) is 11.2 Å². The van der Waals surface area contributed by atoms with Gasteiger partial charge in [-0.05, 0) is 32.6 Å². The summed E-state index contributed by atoms with van der Waals surface area (Å²) in [6.45, 7) is 4.41. The lowest BCUT2D eigenvalue weighted by atomic mass is 10.1. The maximum atomic E-state index is 12.4. The highest BCUT2D eigenvalue weighted by molar-refractivity contribution is 7.11. The molecule has 1 aromatic rings. The Morgan fingerprint density at radius 3 is 3.14 bits per heavy atom. The molecule has 0 bridgehead atoms. The third-order valence-corrected chi connectivity index (χ3v) is 5.21. The summed E-state index contributed by atoms with van der Waals surface area (Å²) in [5.74, 6) is 0. The lowest BCUT2D eigenvalue weighted by Crippen LogP contribution is -2.47. The molecule has 0 aliphatic carbocycles. The Bertz CT molecular complexity index is 485. The number of likely N-dealkylation sites (tertiary alicyclic amines) is 1. The molecule has 0 spiro atoms. The van der Waals surface area contributed by atoms with Crippen LogP contribution >= 0.6 is 11.3 Å². The fourth-order valence-electron chi connectivity index (χ4n) is 3.23. The van der Waals surface area contributed by atoms with Gasteiger partial charge in [0.15, 0.2) is 0 Å². The number of carbonyl (C=O) groups is 1. The smallest absolute Gasteiger partial charge is 0.317 e. The number of urea groups is 1. The van der Waals surface area contributed by atoms with Crippen LogP contribution in [0.2, 0.25) is 0 Å². The first-order chi connectivity index (χ1) is 10.2. The number of aromatic nitrogens is 1. The Kier molecular flexibility index (Phi) is 4.75. The van der Waals surface area contributed by atoms with Crippen molar-refractivity contribution in [2.45, 2.75) is 51.2 Å². The van der Waals surface area contributed by atoms with E-state index in [1.165, 1.54) is 4.88 Å². The molecule has 1 N–H and O–H groups in total. The second-order valence-electron chi connectivity index (χ2n) is 5.80. The molecule has 116 valence electrons. The SMILES string of the molecule is Cc1cnc(CCNC(=O)N2CCCC2C2CCCO2)s1. The summed E-state index contributed by atoms with van der Waals surface area (Å²) in [7, 11) is 0. The number of thiazole rings is 1. The minimum atomic E-state index is 0.0567. The van der Waals surface area contributed by atoms with Crippen molar-refractivity contribution in [2.24, 2.45) is 0 Å². The van der Waals surface area contributed by atoms with E-state index in [2.05, 4.69) is 17.2 Å². The van der Waals surface area contributed by atoms with Gasteiger partial charge in [-0.2, -0.15) is 0 Å². The molecule has 0 aromatic carbocycles. The summed E-state index contributed by atoms with van der Waals surface area (Å²) in [4.78, 5) is 19.9. The zero-order valence-electron chi connectivity index (χ0n) is 12.5. The summed E-state index contributed by atoms with van der Waals surface area (Å²) >= 11 is 1.70. The van der Waals surface area contributed by atoms with Crippen LogP contribution in [-0.4, -0.2) is 47.8 Å². The molecular formula is C15H23N3O2S. The van der Waals surface area contributed by atoms with Gasteiger partial charge in [0.2, 0.25) is 0 Å². The molecule has 0 saturated carbocycles. The molecule has 2 amide bonds. The van der Waals surface area contributed by atoms with Gasteiger partial charge < -0.3 is 15.0 Å². The van der Waals surface area contributed by atoms with Crippen LogP contribution in [0.1, 0.15) is 35.6 Å². The largest absolute Gasteiger partial charge is 0.376 e. The molecule has 2 fully saturated rings. The van der Waals surface area contributed by atoms with E-state index in [1.54, 1.807) is 11.3 Å². The van der Waals surface area contributed by atoms with Crippen LogP contribution in [0.15, 0.2) is 6.20 Å². The normalized spacial score (nSPS) is 25.5. The van der Waals surface area contributed by atoms with Crippen LogP contribution < -0.4 is 5.32 Å². The number of hydrogen-bond acceptors (Lipinski definition) is 4. The molecule has 3 rings (SSSR count). The number of carbonyl (C=O) groups excluding carboxylic acids is 1. The summed E-state index contributed by atoms with van der Waals surface area (Å²) in [5.41, 5.74) is 0. The van der Waals surface area contributed by atoms with Gasteiger partial charge in [0.05, 0.1) is 17.2 Å². The second-order valence-corrected chi connectivity index (χ2v) is 7.12. The minimum Gasteiger partial charge on any atom is -0.376 e. The third kappa shape index (κ3) is 3.55. The Morgan fingerprint density at radius 1 is 1.52 bits per heavy atom. The molecule has 1 aromatic heterocycles. The Balaban J connectivity index is 1.47. The molecule has 2 aliphatic rings. The van der Waals surface area contributed by atoms with Gasteiger partial charge >= 0.3 is 6.03 Å². The number of nitrogens with one attached hydrogen (secondary N) is 1. The van der Waals surface area contributed by atoms with Gasteiger partial charge in [0, 0.05) is 37.2 Å². The van der Waals surface area contributed by atoms with Crippen molar-refractivity contribution in [1.82, 2.24) is 15.2 Å². The highest BCUT2D eigenvalue weighted by Crippen LogP contribution is 2.27. The quantitative estimate of drug-likeness (QED) is 0.929. The third-order valence-electron chi connectivity index (χ3n) is 4.24. The van der Waals surface area contributed by atoms with Crippen molar-refractivity contribution in [2.75, 3.05) is 19.7 Å². The summed E-state index contributed by atoms with van der Waals surface area (Å²) in [6, 6.07) is 0.330. The molecule has 3 heterocycles. The Hall–Kier alpha value is -1.14. The van der Waals surface area contributed by atoms with E-state index < -0.39 is 0 Å². The zero-order chi connectivity index (χ0) is 14.7. The predicted octanol–water partition coefficient (Wildman–Crippen LogP) is 2.35. The zero-order valence-corrected chi connectivity index (χ0v) is 13.3. The standard InChI is InChI=1S/C15H23N3O2S/c1-11-10-17-14(21-11)6-7-16-15(19)18-8-2-4-12(18)13-5-3-9-20-13/h10,12-13H,2-9H2,1H3,(H,16,19). The number of rotatable bonds is 4. The lowest BCUT2D eigenvalue weighted by molar-refractivity contribution is 0.0521. The van der Waals surface area contributed by atoms with Crippen LogP contribution in [0.4, 0.5) is 4.79 Å². The number of hydrogen-bond donors (Lipinski definition) is 1. The minimum absolute atomic E-state index is 0.0567. The molecule has 2 unspecified atom stereocenters. The maximum absolute atomic E-state index is 12.4. The highest BCUT2D eigenvalue weighted by Gasteiger charge is 2.36. The van der Waals surface area contributed by atoms with E-state index in [1.807, 2.05) is 11.1 Å². The molecule has 2 atom stereocenters. The molecule has 0 radical (unpaired) electrons. The highest BCUT2D eigenvalue weighted by atomic mass is 32.1. The van der Waals surface area contributed by atoms with E-state index >= 15 is 0 Å². The molecule has 6 heteroatoms. The molecule has 21 heavy (non-hydrogen) atoms. The molecule has 5 nitrogen and oxygen atoms in total. The lowest BCUT2D eigenvalue weighted by Gasteiger charge is -2.28. The van der Waals surface area contributed by atoms with E-state index in [0.717, 1.165) is 50.3 Å². The summed E-state index contributed by atoms with van der Waals surface area (Å²) < 4.78 is 5.76. The number of amides is 2. The van der Waals surface area contributed by atoms with E-state index in [4.69, 9.17) is 4.74 Å². The average molecular weight is 309 g/mol. The number of ether oxygens (including phenoxy) is 1. The summed E-state index contributed by atoms with van der Waals surface area (Å²) in [6.07, 6.45) is 7.32. The van der Waals surface area contributed by atoms with E-state index in [0.29, 0.717) is 6.54 Å². The van der Waals surface area contributed by atoms with Crippen molar-refractivity contribution in [3.8, 4) is 0 Å². The van der Waals surface area contributed by atoms with Gasteiger partial charge in [-0.1, -0.05) is 0 Å². The average Bonchev–Trinajstić information content (AvgIpc) is 3.19. The maximum Gasteiger partial charge on any atom is 0.317 e.